The highest BCUT2D eigenvalue weighted by molar-refractivity contribution is 4.90. The summed E-state index contributed by atoms with van der Waals surface area (Å²) in [4.78, 5) is 3.65. The lowest BCUT2D eigenvalue weighted by Gasteiger charge is -2.17. The number of aromatic nitrogens is 2. The minimum Gasteiger partial charge on any atom is -0.247 e. The number of hydrogen-bond acceptors (Lipinski definition) is 0. The van der Waals surface area contributed by atoms with Crippen LogP contribution in [0.25, 0.3) is 0 Å². The second-order valence-electron chi connectivity index (χ2n) is 9.41. The van der Waals surface area contributed by atoms with E-state index < -0.39 is 0 Å². The van der Waals surface area contributed by atoms with Gasteiger partial charge in [0.15, 0.2) is 0 Å². The highest BCUT2D eigenvalue weighted by Crippen LogP contribution is 2.27. The van der Waals surface area contributed by atoms with Gasteiger partial charge in [0.2, 0.25) is 0 Å². The molecule has 1 rings (SSSR count). The molecule has 0 aliphatic heterocycles. The molecular formula is C27H53N2+. The van der Waals surface area contributed by atoms with Crippen LogP contribution >= 0.6 is 0 Å². The van der Waals surface area contributed by atoms with Crippen molar-refractivity contribution in [1.29, 1.82) is 0 Å². The number of rotatable bonds is 20. The van der Waals surface area contributed by atoms with E-state index in [0.717, 1.165) is 5.92 Å². The Morgan fingerprint density at radius 3 is 1.66 bits per heavy atom. The van der Waals surface area contributed by atoms with Crippen molar-refractivity contribution in [1.82, 2.24) is 4.98 Å². The summed E-state index contributed by atoms with van der Waals surface area (Å²) in [6.07, 6.45) is 29.4. The van der Waals surface area contributed by atoms with Gasteiger partial charge in [-0.15, -0.1) is 0 Å². The molecule has 1 aromatic rings. The van der Waals surface area contributed by atoms with Crippen molar-refractivity contribution in [2.75, 3.05) is 0 Å². The summed E-state index contributed by atoms with van der Waals surface area (Å²) in [6, 6.07) is 0.623. The maximum absolute atomic E-state index is 3.65. The second kappa shape index (κ2) is 18.0. The Kier molecular flexibility index (Phi) is 16.3. The number of H-pyrrole nitrogens is 1. The van der Waals surface area contributed by atoms with E-state index in [0.29, 0.717) is 6.04 Å². The fourth-order valence-corrected chi connectivity index (χ4v) is 4.65. The quantitative estimate of drug-likeness (QED) is 0.165. The minimum atomic E-state index is 0.623. The van der Waals surface area contributed by atoms with Gasteiger partial charge in [-0.1, -0.05) is 111 Å². The fraction of sp³-hybridized carbons (Fsp3) is 0.889. The Morgan fingerprint density at radius 2 is 1.14 bits per heavy atom. The lowest BCUT2D eigenvalue weighted by Crippen LogP contribution is -2.41. The molecule has 2 nitrogen and oxygen atoms in total. The van der Waals surface area contributed by atoms with Crippen LogP contribution < -0.4 is 4.57 Å². The Morgan fingerprint density at radius 1 is 0.655 bits per heavy atom. The zero-order chi connectivity index (χ0) is 21.2. The molecule has 0 radical (unpaired) electrons. The molecule has 2 heteroatoms. The van der Waals surface area contributed by atoms with Crippen LogP contribution in [0.15, 0.2) is 12.4 Å². The first-order valence-electron chi connectivity index (χ1n) is 13.3. The van der Waals surface area contributed by atoms with Crippen LogP contribution in [0.2, 0.25) is 0 Å². The van der Waals surface area contributed by atoms with Crippen molar-refractivity contribution in [3.8, 4) is 0 Å². The van der Waals surface area contributed by atoms with Crippen LogP contribution in [-0.2, 0) is 0 Å². The van der Waals surface area contributed by atoms with E-state index in [4.69, 9.17) is 0 Å². The standard InChI is InChI=1S/C27H52N2/c1-5-8-11-13-14-15-17-19-22-26(21-18-16-12-9-6-2)27-28-23-24-29(27)25(4)20-10-7-3/h23-26H,5-22H2,1-4H3/p+1. The van der Waals surface area contributed by atoms with E-state index in [-0.39, 0.29) is 0 Å². The molecule has 29 heavy (non-hydrogen) atoms. The monoisotopic (exact) mass is 405 g/mol. The summed E-state index contributed by atoms with van der Waals surface area (Å²) in [5.41, 5.74) is 0. The third-order valence-corrected chi connectivity index (χ3v) is 6.64. The Bertz CT molecular complexity index is 465. The molecule has 0 aliphatic carbocycles. The Balaban J connectivity index is 2.52. The van der Waals surface area contributed by atoms with Crippen molar-refractivity contribution in [3.05, 3.63) is 18.2 Å². The molecule has 170 valence electrons. The van der Waals surface area contributed by atoms with Crippen LogP contribution in [0.1, 0.15) is 161 Å². The van der Waals surface area contributed by atoms with Crippen LogP contribution in [-0.4, -0.2) is 4.98 Å². The Hall–Kier alpha value is -0.790. The smallest absolute Gasteiger partial charge is 0.247 e. The highest BCUT2D eigenvalue weighted by Gasteiger charge is 2.25. The van der Waals surface area contributed by atoms with E-state index in [1.54, 1.807) is 0 Å². The first-order valence-corrected chi connectivity index (χ1v) is 13.3. The van der Waals surface area contributed by atoms with Gasteiger partial charge in [-0.2, -0.15) is 0 Å². The van der Waals surface area contributed by atoms with E-state index >= 15 is 0 Å². The number of aromatic amines is 1. The van der Waals surface area contributed by atoms with Gasteiger partial charge in [-0.25, -0.2) is 9.55 Å². The zero-order valence-corrected chi connectivity index (χ0v) is 20.5. The summed E-state index contributed by atoms with van der Waals surface area (Å²) < 4.78 is 2.57. The van der Waals surface area contributed by atoms with Gasteiger partial charge in [0, 0.05) is 0 Å². The van der Waals surface area contributed by atoms with Crippen molar-refractivity contribution >= 4 is 0 Å². The molecule has 2 unspecified atom stereocenters. The van der Waals surface area contributed by atoms with E-state index in [1.807, 2.05) is 0 Å². The summed E-state index contributed by atoms with van der Waals surface area (Å²) >= 11 is 0. The largest absolute Gasteiger partial charge is 0.257 e. The van der Waals surface area contributed by atoms with Gasteiger partial charge < -0.3 is 0 Å². The number of nitrogens with zero attached hydrogens (tertiary/aromatic N) is 1. The lowest BCUT2D eigenvalue weighted by molar-refractivity contribution is -0.727. The molecule has 0 saturated carbocycles. The van der Waals surface area contributed by atoms with Crippen LogP contribution in [0.4, 0.5) is 0 Å². The summed E-state index contributed by atoms with van der Waals surface area (Å²) in [5, 5.41) is 0. The number of unbranched alkanes of at least 4 members (excludes halogenated alkanes) is 12. The van der Waals surface area contributed by atoms with Crippen LogP contribution in [0.5, 0.6) is 0 Å². The average molecular weight is 406 g/mol. The molecule has 0 amide bonds. The topological polar surface area (TPSA) is 19.7 Å². The van der Waals surface area contributed by atoms with Gasteiger partial charge in [-0.05, 0) is 32.6 Å². The first-order chi connectivity index (χ1) is 14.2. The summed E-state index contributed by atoms with van der Waals surface area (Å²) in [7, 11) is 0. The van der Waals surface area contributed by atoms with Gasteiger partial charge in [0.1, 0.15) is 12.4 Å². The zero-order valence-electron chi connectivity index (χ0n) is 20.5. The van der Waals surface area contributed by atoms with E-state index in [1.165, 1.54) is 121 Å². The lowest BCUT2D eigenvalue weighted by atomic mass is 9.93. The van der Waals surface area contributed by atoms with Crippen LogP contribution in [0.3, 0.4) is 0 Å². The van der Waals surface area contributed by atoms with Gasteiger partial charge in [0.25, 0.3) is 5.82 Å². The van der Waals surface area contributed by atoms with Crippen molar-refractivity contribution in [2.24, 2.45) is 0 Å². The number of nitrogens with one attached hydrogen (secondary N) is 1. The van der Waals surface area contributed by atoms with Crippen LogP contribution in [0, 0.1) is 0 Å². The molecule has 0 bridgehead atoms. The van der Waals surface area contributed by atoms with Crippen molar-refractivity contribution < 1.29 is 4.57 Å². The summed E-state index contributed by atoms with van der Waals surface area (Å²) in [6.45, 7) is 9.32. The minimum absolute atomic E-state index is 0.623. The molecular weight excluding hydrogens is 352 g/mol. The van der Waals surface area contributed by atoms with E-state index in [9.17, 15) is 0 Å². The number of imidazole rings is 1. The predicted molar refractivity (Wildman–Crippen MR) is 129 cm³/mol. The number of hydrogen-bond donors (Lipinski definition) is 1. The molecule has 1 aromatic heterocycles. The molecule has 1 heterocycles. The predicted octanol–water partition coefficient (Wildman–Crippen LogP) is 9.03. The van der Waals surface area contributed by atoms with Gasteiger partial charge >= 0.3 is 0 Å². The third-order valence-electron chi connectivity index (χ3n) is 6.64. The summed E-state index contributed by atoms with van der Waals surface area (Å²) in [5.74, 6) is 2.22. The van der Waals surface area contributed by atoms with E-state index in [2.05, 4.69) is 49.6 Å². The van der Waals surface area contributed by atoms with Gasteiger partial charge in [-0.3, -0.25) is 0 Å². The maximum atomic E-state index is 3.65. The van der Waals surface area contributed by atoms with Gasteiger partial charge in [0.05, 0.1) is 12.0 Å². The highest BCUT2D eigenvalue weighted by atomic mass is 15.1. The second-order valence-corrected chi connectivity index (χ2v) is 9.41. The SMILES string of the molecule is CCCCCCCCCCC(CCCCCCC)c1[nH]cc[n+]1C(C)CCCC. The molecule has 0 fully saturated rings. The molecule has 0 aliphatic rings. The van der Waals surface area contributed by atoms with Crippen molar-refractivity contribution in [2.45, 2.75) is 155 Å². The third kappa shape index (κ3) is 11.8. The molecule has 1 N–H and O–H groups in total. The molecule has 2 atom stereocenters. The fourth-order valence-electron chi connectivity index (χ4n) is 4.65. The molecule has 0 aromatic carbocycles. The molecule has 0 spiro atoms. The molecule has 0 saturated heterocycles. The van der Waals surface area contributed by atoms with Crippen molar-refractivity contribution in [3.63, 3.8) is 0 Å². The Labute approximate surface area is 183 Å². The average Bonchev–Trinajstić information content (AvgIpc) is 3.22. The maximum Gasteiger partial charge on any atom is 0.257 e. The first kappa shape index (κ1) is 26.2. The normalized spacial score (nSPS) is 13.7.